The summed E-state index contributed by atoms with van der Waals surface area (Å²) in [5.41, 5.74) is 0.650. The topological polar surface area (TPSA) is 83.0 Å². The van der Waals surface area contributed by atoms with Crippen molar-refractivity contribution >= 4 is 29.8 Å². The van der Waals surface area contributed by atoms with Gasteiger partial charge in [-0.25, -0.2) is 9.78 Å². The van der Waals surface area contributed by atoms with Gasteiger partial charge in [0.1, 0.15) is 18.2 Å². The summed E-state index contributed by atoms with van der Waals surface area (Å²) >= 11 is 0. The van der Waals surface area contributed by atoms with E-state index in [9.17, 15) is 14.4 Å². The summed E-state index contributed by atoms with van der Waals surface area (Å²) in [6, 6.07) is 3.69. The van der Waals surface area contributed by atoms with Gasteiger partial charge in [0.25, 0.3) is 0 Å². The number of piperazine rings is 1. The van der Waals surface area contributed by atoms with Crippen molar-refractivity contribution < 1.29 is 19.1 Å². The zero-order valence-corrected chi connectivity index (χ0v) is 14.4. The number of anilines is 2. The summed E-state index contributed by atoms with van der Waals surface area (Å²) < 4.78 is 5.24. The lowest BCUT2D eigenvalue weighted by atomic mass is 10.1. The average Bonchev–Trinajstić information content (AvgIpc) is 3.03. The van der Waals surface area contributed by atoms with E-state index in [1.807, 2.05) is 17.0 Å². The number of carbonyl (C=O) groups excluding carboxylic acids is 3. The van der Waals surface area contributed by atoms with Gasteiger partial charge in [-0.1, -0.05) is 6.92 Å². The summed E-state index contributed by atoms with van der Waals surface area (Å²) in [5.74, 6) is 0.575. The number of hydrogen-bond acceptors (Lipinski definition) is 6. The summed E-state index contributed by atoms with van der Waals surface area (Å²) in [4.78, 5) is 44.1. The maximum Gasteiger partial charge on any atom is 0.414 e. The minimum Gasteiger partial charge on any atom is -0.443 e. The number of pyridine rings is 1. The van der Waals surface area contributed by atoms with Crippen LogP contribution in [0.1, 0.15) is 13.8 Å². The van der Waals surface area contributed by atoms with Gasteiger partial charge in [-0.15, -0.1) is 0 Å². The van der Waals surface area contributed by atoms with Crippen LogP contribution in [0.2, 0.25) is 0 Å². The van der Waals surface area contributed by atoms with Gasteiger partial charge in [0.05, 0.1) is 24.3 Å². The number of ether oxygens (including phenoxy) is 1. The minimum atomic E-state index is -0.455. The van der Waals surface area contributed by atoms with Crippen molar-refractivity contribution in [1.82, 2.24) is 9.88 Å². The molecule has 1 aromatic heterocycles. The zero-order valence-electron chi connectivity index (χ0n) is 14.4. The monoisotopic (exact) mass is 346 g/mol. The Morgan fingerprint density at radius 1 is 1.32 bits per heavy atom. The van der Waals surface area contributed by atoms with Crippen LogP contribution in [-0.2, 0) is 14.3 Å². The van der Waals surface area contributed by atoms with Gasteiger partial charge in [0.2, 0.25) is 5.91 Å². The van der Waals surface area contributed by atoms with E-state index in [0.717, 1.165) is 25.2 Å². The second-order valence-corrected chi connectivity index (χ2v) is 6.40. The van der Waals surface area contributed by atoms with E-state index < -0.39 is 12.2 Å². The van der Waals surface area contributed by atoms with Crippen LogP contribution in [-0.4, -0.2) is 67.0 Å². The molecule has 25 heavy (non-hydrogen) atoms. The van der Waals surface area contributed by atoms with Gasteiger partial charge in [-0.2, -0.15) is 0 Å². The molecular weight excluding hydrogens is 324 g/mol. The van der Waals surface area contributed by atoms with Crippen LogP contribution >= 0.6 is 0 Å². The van der Waals surface area contributed by atoms with Crippen LogP contribution in [0.15, 0.2) is 18.3 Å². The third-order valence-electron chi connectivity index (χ3n) is 4.73. The first-order chi connectivity index (χ1) is 12.0. The van der Waals surface area contributed by atoms with Crippen LogP contribution in [0.4, 0.5) is 16.3 Å². The maximum atomic E-state index is 12.0. The van der Waals surface area contributed by atoms with Gasteiger partial charge >= 0.3 is 6.09 Å². The van der Waals surface area contributed by atoms with Crippen LogP contribution in [0.3, 0.4) is 0 Å². The number of cyclic esters (lactones) is 1. The second-order valence-electron chi connectivity index (χ2n) is 6.40. The lowest BCUT2D eigenvalue weighted by Crippen LogP contribution is -2.48. The highest BCUT2D eigenvalue weighted by Gasteiger charge is 2.35. The quantitative estimate of drug-likeness (QED) is 0.754. The molecule has 2 atom stereocenters. The Hall–Kier alpha value is -2.64. The molecule has 2 aliphatic heterocycles. The second kappa shape index (κ2) is 7.08. The fourth-order valence-electron chi connectivity index (χ4n) is 3.03. The van der Waals surface area contributed by atoms with Gasteiger partial charge < -0.3 is 19.3 Å². The first-order valence-electron chi connectivity index (χ1n) is 8.39. The highest BCUT2D eigenvalue weighted by Crippen LogP contribution is 2.25. The van der Waals surface area contributed by atoms with Gasteiger partial charge in [-0.3, -0.25) is 9.69 Å². The molecule has 8 nitrogen and oxygen atoms in total. The SMILES string of the molecule is CC(=O)N1CCN(c2ccc(N3CC(C(C)C=O)OC3=O)cn2)CC1. The molecule has 2 aliphatic rings. The molecule has 0 bridgehead atoms. The maximum absolute atomic E-state index is 12.0. The summed E-state index contributed by atoms with van der Waals surface area (Å²) in [7, 11) is 0. The molecule has 0 aliphatic carbocycles. The van der Waals surface area contributed by atoms with Crippen molar-refractivity contribution in [1.29, 1.82) is 0 Å². The Kier molecular flexibility index (Phi) is 4.87. The van der Waals surface area contributed by atoms with Crippen molar-refractivity contribution in [2.45, 2.75) is 20.0 Å². The van der Waals surface area contributed by atoms with E-state index >= 15 is 0 Å². The molecule has 0 N–H and O–H groups in total. The van der Waals surface area contributed by atoms with Gasteiger partial charge in [0.15, 0.2) is 0 Å². The molecule has 0 saturated carbocycles. The number of nitrogens with zero attached hydrogens (tertiary/aromatic N) is 4. The molecule has 0 spiro atoms. The van der Waals surface area contributed by atoms with Crippen LogP contribution < -0.4 is 9.80 Å². The molecule has 0 aromatic carbocycles. The Morgan fingerprint density at radius 3 is 2.60 bits per heavy atom. The molecule has 2 amide bonds. The molecule has 2 saturated heterocycles. The van der Waals surface area contributed by atoms with Crippen LogP contribution in [0.25, 0.3) is 0 Å². The molecule has 2 fully saturated rings. The molecule has 134 valence electrons. The first kappa shape index (κ1) is 17.2. The van der Waals surface area contributed by atoms with Crippen molar-refractivity contribution in [2.24, 2.45) is 5.92 Å². The fourth-order valence-corrected chi connectivity index (χ4v) is 3.03. The normalized spacial score (nSPS) is 21.9. The molecule has 3 rings (SSSR count). The zero-order chi connectivity index (χ0) is 18.0. The van der Waals surface area contributed by atoms with Crippen molar-refractivity contribution in [3.05, 3.63) is 18.3 Å². The van der Waals surface area contributed by atoms with E-state index in [0.29, 0.717) is 25.3 Å². The van der Waals surface area contributed by atoms with Crippen molar-refractivity contribution in [3.8, 4) is 0 Å². The first-order valence-corrected chi connectivity index (χ1v) is 8.39. The summed E-state index contributed by atoms with van der Waals surface area (Å²) in [5, 5.41) is 0. The molecule has 1 aromatic rings. The van der Waals surface area contributed by atoms with Crippen molar-refractivity contribution in [3.63, 3.8) is 0 Å². The van der Waals surface area contributed by atoms with Gasteiger partial charge in [0, 0.05) is 33.1 Å². The Morgan fingerprint density at radius 2 is 2.04 bits per heavy atom. The molecule has 8 heteroatoms. The van der Waals surface area contributed by atoms with E-state index in [2.05, 4.69) is 9.88 Å². The minimum absolute atomic E-state index is 0.0922. The summed E-state index contributed by atoms with van der Waals surface area (Å²) in [6.07, 6.45) is 1.55. The smallest absolute Gasteiger partial charge is 0.414 e. The standard InChI is InChI=1S/C17H22N4O4/c1-12(11-22)15-10-21(17(24)25-15)14-3-4-16(18-9-14)20-7-5-19(6-8-20)13(2)23/h3-4,9,11-12,15H,5-8,10H2,1-2H3. The summed E-state index contributed by atoms with van der Waals surface area (Å²) in [6.45, 7) is 6.49. The largest absolute Gasteiger partial charge is 0.443 e. The Bertz CT molecular complexity index is 655. The van der Waals surface area contributed by atoms with Crippen LogP contribution in [0.5, 0.6) is 0 Å². The number of amides is 2. The highest BCUT2D eigenvalue weighted by atomic mass is 16.6. The molecule has 0 radical (unpaired) electrons. The third-order valence-corrected chi connectivity index (χ3v) is 4.73. The van der Waals surface area contributed by atoms with E-state index in [1.54, 1.807) is 20.0 Å². The number of carbonyl (C=O) groups is 3. The highest BCUT2D eigenvalue weighted by molar-refractivity contribution is 5.90. The average molecular weight is 346 g/mol. The Labute approximate surface area is 146 Å². The lowest BCUT2D eigenvalue weighted by Gasteiger charge is -2.35. The number of hydrogen-bond donors (Lipinski definition) is 0. The van der Waals surface area contributed by atoms with Crippen LogP contribution in [0, 0.1) is 5.92 Å². The Balaban J connectivity index is 1.64. The predicted octanol–water partition coefficient (Wildman–Crippen LogP) is 0.910. The van der Waals surface area contributed by atoms with Gasteiger partial charge in [-0.05, 0) is 12.1 Å². The number of aldehydes is 1. The van der Waals surface area contributed by atoms with E-state index in [1.165, 1.54) is 4.90 Å². The van der Waals surface area contributed by atoms with Crippen molar-refractivity contribution in [2.75, 3.05) is 42.5 Å². The number of rotatable bonds is 4. The fraction of sp³-hybridized carbons (Fsp3) is 0.529. The molecular formula is C17H22N4O4. The number of aromatic nitrogens is 1. The predicted molar refractivity (Wildman–Crippen MR) is 91.5 cm³/mol. The lowest BCUT2D eigenvalue weighted by molar-refractivity contribution is -0.129. The van der Waals surface area contributed by atoms with E-state index in [-0.39, 0.29) is 11.8 Å². The van der Waals surface area contributed by atoms with E-state index in [4.69, 9.17) is 4.74 Å². The molecule has 2 unspecified atom stereocenters. The molecule has 3 heterocycles. The third kappa shape index (κ3) is 3.57.